The molecule has 0 N–H and O–H groups in total. The number of halogens is 5. The van der Waals surface area contributed by atoms with Crippen LogP contribution in [0.4, 0.5) is 22.0 Å². The van der Waals surface area contributed by atoms with Crippen molar-refractivity contribution in [1.29, 1.82) is 0 Å². The van der Waals surface area contributed by atoms with E-state index in [1.807, 2.05) is 41.5 Å². The summed E-state index contributed by atoms with van der Waals surface area (Å²) in [6.45, 7) is 14.4. The van der Waals surface area contributed by atoms with Crippen LogP contribution in [-0.4, -0.2) is 24.3 Å². The van der Waals surface area contributed by atoms with Gasteiger partial charge in [0, 0.05) is 11.5 Å². The summed E-state index contributed by atoms with van der Waals surface area (Å²) in [5.41, 5.74) is -0.715. The van der Waals surface area contributed by atoms with Gasteiger partial charge in [-0.1, -0.05) is 90.4 Å². The van der Waals surface area contributed by atoms with Gasteiger partial charge < -0.3 is 14.2 Å². The van der Waals surface area contributed by atoms with E-state index in [9.17, 15) is 22.0 Å². The Kier molecular flexibility index (Phi) is 19.9. The number of benzene rings is 1. The highest BCUT2D eigenvalue weighted by atomic mass is 19.2. The molecule has 1 atom stereocenters. The van der Waals surface area contributed by atoms with Gasteiger partial charge in [-0.25, -0.2) is 22.0 Å². The molecule has 3 nitrogen and oxygen atoms in total. The summed E-state index contributed by atoms with van der Waals surface area (Å²) in [5, 5.41) is 0. The first kappa shape index (κ1) is 39.8. The molecule has 0 spiro atoms. The third-order valence-corrected chi connectivity index (χ3v) is 7.64. The van der Waals surface area contributed by atoms with Crippen molar-refractivity contribution in [2.45, 2.75) is 182 Å². The zero-order chi connectivity index (χ0) is 32.4. The largest absolute Gasteiger partial charge is 0.324 e. The van der Waals surface area contributed by atoms with Crippen LogP contribution in [0.5, 0.6) is 0 Å². The van der Waals surface area contributed by atoms with E-state index >= 15 is 0 Å². The molecule has 0 aliphatic heterocycles. The first-order chi connectivity index (χ1) is 20.4. The number of ether oxygens (including phenoxy) is 3. The van der Waals surface area contributed by atoms with Crippen LogP contribution in [0, 0.1) is 35.0 Å². The van der Waals surface area contributed by atoms with Gasteiger partial charge in [0.25, 0.3) is 5.97 Å². The molecule has 0 amide bonds. The van der Waals surface area contributed by atoms with Gasteiger partial charge in [0.05, 0.1) is 18.3 Å². The third-order valence-electron chi connectivity index (χ3n) is 7.64. The van der Waals surface area contributed by atoms with E-state index in [2.05, 4.69) is 6.92 Å². The maximum atomic E-state index is 13.9. The molecular weight excluding hydrogens is 563 g/mol. The smallest absolute Gasteiger partial charge is 0.286 e. The van der Waals surface area contributed by atoms with Crippen LogP contribution < -0.4 is 0 Å². The molecule has 0 aliphatic carbocycles. The lowest BCUT2D eigenvalue weighted by atomic mass is 9.91. The Bertz CT molecular complexity index is 835. The summed E-state index contributed by atoms with van der Waals surface area (Å²) < 4.78 is 87.1. The van der Waals surface area contributed by atoms with Crippen LogP contribution in [0.1, 0.15) is 157 Å². The summed E-state index contributed by atoms with van der Waals surface area (Å²) in [6, 6.07) is 0. The van der Waals surface area contributed by atoms with Crippen molar-refractivity contribution in [3.63, 3.8) is 0 Å². The summed E-state index contributed by atoms with van der Waals surface area (Å²) in [5.74, 6) is -10.2. The van der Waals surface area contributed by atoms with Crippen molar-refractivity contribution in [2.75, 3.05) is 0 Å². The fourth-order valence-corrected chi connectivity index (χ4v) is 5.65. The fraction of sp³-hybridized carbons (Fsp3) is 0.829. The van der Waals surface area contributed by atoms with Gasteiger partial charge in [-0.05, 0) is 67.2 Å². The summed E-state index contributed by atoms with van der Waals surface area (Å²) in [6.07, 6.45) is 16.1. The van der Waals surface area contributed by atoms with E-state index in [-0.39, 0.29) is 30.7 Å². The predicted octanol–water partition coefficient (Wildman–Crippen LogP) is 11.7. The minimum Gasteiger partial charge on any atom is -0.324 e. The molecule has 0 fully saturated rings. The topological polar surface area (TPSA) is 27.7 Å². The third kappa shape index (κ3) is 14.6. The molecule has 0 aromatic heterocycles. The van der Waals surface area contributed by atoms with Gasteiger partial charge >= 0.3 is 0 Å². The standard InChI is InChI=1S/C35H59F5O3/c1-8-9-10-11-16-19-22-28(35(41-25(2)3,42-26(4)5)43-27(6)7)23-20-17-14-12-13-15-18-21-24-29-30(36)32(38)34(40)33(39)31(29)37/h25-28H,8-24H2,1-7H3. The highest BCUT2D eigenvalue weighted by molar-refractivity contribution is 5.24. The Hall–Kier alpha value is -1.25. The Morgan fingerprint density at radius 2 is 0.791 bits per heavy atom. The van der Waals surface area contributed by atoms with Crippen molar-refractivity contribution in [2.24, 2.45) is 5.92 Å². The second kappa shape index (κ2) is 21.5. The highest BCUT2D eigenvalue weighted by Crippen LogP contribution is 2.37. The van der Waals surface area contributed by atoms with Gasteiger partial charge in [-0.2, -0.15) is 0 Å². The van der Waals surface area contributed by atoms with Crippen molar-refractivity contribution >= 4 is 0 Å². The monoisotopic (exact) mass is 622 g/mol. The molecule has 1 aromatic rings. The van der Waals surface area contributed by atoms with E-state index < -0.39 is 40.6 Å². The van der Waals surface area contributed by atoms with E-state index in [1.54, 1.807) is 0 Å². The number of hydrogen-bond acceptors (Lipinski definition) is 3. The zero-order valence-corrected chi connectivity index (χ0v) is 27.9. The van der Waals surface area contributed by atoms with E-state index in [4.69, 9.17) is 14.2 Å². The lowest BCUT2D eigenvalue weighted by molar-refractivity contribution is -0.433. The summed E-state index contributed by atoms with van der Waals surface area (Å²) in [7, 11) is 0. The molecule has 252 valence electrons. The lowest BCUT2D eigenvalue weighted by Gasteiger charge is -2.43. The van der Waals surface area contributed by atoms with Crippen LogP contribution in [0.25, 0.3) is 0 Å². The van der Waals surface area contributed by atoms with Gasteiger partial charge in [0.2, 0.25) is 5.82 Å². The predicted molar refractivity (Wildman–Crippen MR) is 164 cm³/mol. The lowest BCUT2D eigenvalue weighted by Crippen LogP contribution is -2.50. The Morgan fingerprint density at radius 1 is 0.465 bits per heavy atom. The highest BCUT2D eigenvalue weighted by Gasteiger charge is 2.44. The van der Waals surface area contributed by atoms with E-state index in [0.29, 0.717) is 12.8 Å². The van der Waals surface area contributed by atoms with Gasteiger partial charge in [-0.3, -0.25) is 0 Å². The zero-order valence-electron chi connectivity index (χ0n) is 27.9. The normalized spacial score (nSPS) is 13.2. The van der Waals surface area contributed by atoms with Crippen LogP contribution >= 0.6 is 0 Å². The molecular formula is C35H59F5O3. The van der Waals surface area contributed by atoms with E-state index in [1.165, 1.54) is 32.1 Å². The number of rotatable bonds is 25. The molecule has 0 heterocycles. The second-order valence-electron chi connectivity index (χ2n) is 12.8. The molecule has 1 aromatic carbocycles. The summed E-state index contributed by atoms with van der Waals surface area (Å²) in [4.78, 5) is 0. The molecule has 0 aliphatic rings. The molecule has 0 radical (unpaired) electrons. The van der Waals surface area contributed by atoms with Crippen LogP contribution in [0.2, 0.25) is 0 Å². The SMILES string of the molecule is CCCCCCCCC(CCCCCCCCCCc1c(F)c(F)c(F)c(F)c1F)C(OC(C)C)(OC(C)C)OC(C)C. The van der Waals surface area contributed by atoms with Crippen molar-refractivity contribution in [3.05, 3.63) is 34.6 Å². The fourth-order valence-electron chi connectivity index (χ4n) is 5.65. The second-order valence-corrected chi connectivity index (χ2v) is 12.8. The first-order valence-electron chi connectivity index (χ1n) is 16.9. The summed E-state index contributed by atoms with van der Waals surface area (Å²) >= 11 is 0. The number of hydrogen-bond donors (Lipinski definition) is 0. The molecule has 8 heteroatoms. The van der Waals surface area contributed by atoms with Gasteiger partial charge in [0.1, 0.15) is 0 Å². The first-order valence-corrected chi connectivity index (χ1v) is 16.9. The maximum absolute atomic E-state index is 13.9. The Morgan fingerprint density at radius 3 is 1.16 bits per heavy atom. The molecule has 0 saturated carbocycles. The van der Waals surface area contributed by atoms with Crippen LogP contribution in [-0.2, 0) is 20.6 Å². The van der Waals surface area contributed by atoms with E-state index in [0.717, 1.165) is 57.8 Å². The van der Waals surface area contributed by atoms with Gasteiger partial charge in [-0.15, -0.1) is 0 Å². The quantitative estimate of drug-likeness (QED) is 0.0357. The number of unbranched alkanes of at least 4 members (excludes halogenated alkanes) is 12. The van der Waals surface area contributed by atoms with Gasteiger partial charge in [0.15, 0.2) is 23.3 Å². The Balaban J connectivity index is 2.60. The molecule has 1 unspecified atom stereocenters. The molecule has 43 heavy (non-hydrogen) atoms. The minimum atomic E-state index is -2.11. The minimum absolute atomic E-state index is 0.0429. The van der Waals surface area contributed by atoms with Crippen LogP contribution in [0.15, 0.2) is 0 Å². The Labute approximate surface area is 258 Å². The molecule has 1 rings (SSSR count). The van der Waals surface area contributed by atoms with Crippen LogP contribution in [0.3, 0.4) is 0 Å². The molecule has 0 saturated heterocycles. The maximum Gasteiger partial charge on any atom is 0.286 e. The average Bonchev–Trinajstić information content (AvgIpc) is 2.92. The average molecular weight is 623 g/mol. The van der Waals surface area contributed by atoms with Crippen molar-refractivity contribution in [1.82, 2.24) is 0 Å². The molecule has 0 bridgehead atoms. The van der Waals surface area contributed by atoms with Crippen molar-refractivity contribution < 1.29 is 36.2 Å². The van der Waals surface area contributed by atoms with Crippen molar-refractivity contribution in [3.8, 4) is 0 Å².